The van der Waals surface area contributed by atoms with Crippen LogP contribution >= 0.6 is 11.6 Å². The molecule has 12 heteroatoms. The molecule has 0 radical (unpaired) electrons. The maximum absolute atomic E-state index is 13.2. The zero-order chi connectivity index (χ0) is 22.2. The highest BCUT2D eigenvalue weighted by molar-refractivity contribution is 7.89. The van der Waals surface area contributed by atoms with Gasteiger partial charge in [-0.3, -0.25) is 5.10 Å². The molecule has 0 fully saturated rings. The van der Waals surface area contributed by atoms with Crippen LogP contribution in [-0.2, 0) is 14.8 Å². The third kappa shape index (κ3) is 4.97. The van der Waals surface area contributed by atoms with Gasteiger partial charge >= 0.3 is 6.18 Å². The molecule has 7 nitrogen and oxygen atoms in total. The maximum Gasteiger partial charge on any atom is 0.390 e. The van der Waals surface area contributed by atoms with Gasteiger partial charge < -0.3 is 10.5 Å². The van der Waals surface area contributed by atoms with Crippen molar-refractivity contribution >= 4 is 38.2 Å². The highest BCUT2D eigenvalue weighted by Gasteiger charge is 2.41. The Labute approximate surface area is 176 Å². The van der Waals surface area contributed by atoms with E-state index in [2.05, 4.69) is 14.9 Å². The van der Waals surface area contributed by atoms with Crippen LogP contribution in [-0.4, -0.2) is 43.5 Å². The van der Waals surface area contributed by atoms with Crippen LogP contribution < -0.4 is 10.5 Å². The molecule has 4 N–H and O–H groups in total. The van der Waals surface area contributed by atoms with Crippen molar-refractivity contribution in [1.82, 2.24) is 14.9 Å². The fraction of sp³-hybridized carbons (Fsp3) is 0.389. The minimum Gasteiger partial charge on any atom is -0.397 e. The van der Waals surface area contributed by atoms with Crippen LogP contribution in [0.1, 0.15) is 23.8 Å². The monoisotopic (exact) mass is 464 g/mol. The Bertz CT molecular complexity index is 1100. The van der Waals surface area contributed by atoms with E-state index in [1.807, 2.05) is 0 Å². The molecule has 0 aliphatic heterocycles. The summed E-state index contributed by atoms with van der Waals surface area (Å²) in [5.41, 5.74) is 6.65. The number of sulfonamides is 1. The number of rotatable bonds is 7. The first-order chi connectivity index (χ1) is 13.9. The fourth-order valence-electron chi connectivity index (χ4n) is 3.10. The molecule has 1 aromatic carbocycles. The summed E-state index contributed by atoms with van der Waals surface area (Å²) in [7, 11) is -3.02. The van der Waals surface area contributed by atoms with Crippen molar-refractivity contribution in [2.45, 2.75) is 29.3 Å². The van der Waals surface area contributed by atoms with Gasteiger partial charge in [0.15, 0.2) is 5.06 Å². The number of nitrogens with two attached hydrogens (primary N) is 1. The van der Waals surface area contributed by atoms with Crippen molar-refractivity contribution in [1.29, 1.82) is 0 Å². The van der Waals surface area contributed by atoms with Gasteiger partial charge in [0, 0.05) is 25.5 Å². The minimum absolute atomic E-state index is 0.200. The Hall–Kier alpha value is -2.08. The topological polar surface area (TPSA) is 110 Å². The number of para-hydroxylation sites is 1. The molecule has 164 valence electrons. The van der Waals surface area contributed by atoms with E-state index in [1.165, 1.54) is 25.3 Å². The van der Waals surface area contributed by atoms with Gasteiger partial charge in [-0.2, -0.15) is 18.3 Å². The molecule has 1 aliphatic rings. The summed E-state index contributed by atoms with van der Waals surface area (Å²) in [5.74, 6) is 0. The third-order valence-corrected chi connectivity index (χ3v) is 6.88. The van der Waals surface area contributed by atoms with Crippen LogP contribution in [0.25, 0.3) is 10.9 Å². The largest absolute Gasteiger partial charge is 0.397 e. The lowest BCUT2D eigenvalue weighted by Crippen LogP contribution is -2.34. The van der Waals surface area contributed by atoms with Crippen molar-refractivity contribution in [3.05, 3.63) is 47.7 Å². The second-order valence-electron chi connectivity index (χ2n) is 6.86. The summed E-state index contributed by atoms with van der Waals surface area (Å²) in [6.07, 6.45) is -1.27. The van der Waals surface area contributed by atoms with Crippen molar-refractivity contribution in [3.63, 3.8) is 0 Å². The molecule has 1 aromatic heterocycles. The lowest BCUT2D eigenvalue weighted by molar-refractivity contribution is -0.135. The van der Waals surface area contributed by atoms with E-state index in [0.717, 1.165) is 0 Å². The number of halogens is 4. The molecule has 30 heavy (non-hydrogen) atoms. The SMILES string of the molecule is COC1(Cl)C=CC(CNS(=O)(=O)C(CC(F)(F)F)c2n[nH]c3c(N)cccc23)=CC1. The molecule has 0 bridgehead atoms. The van der Waals surface area contributed by atoms with Gasteiger partial charge in [-0.25, -0.2) is 13.1 Å². The lowest BCUT2D eigenvalue weighted by atomic mass is 10.0. The van der Waals surface area contributed by atoms with Crippen LogP contribution in [0.2, 0.25) is 0 Å². The number of ether oxygens (including phenoxy) is 1. The van der Waals surface area contributed by atoms with Gasteiger partial charge in [-0.1, -0.05) is 35.9 Å². The van der Waals surface area contributed by atoms with E-state index in [9.17, 15) is 21.6 Å². The molecule has 1 heterocycles. The maximum atomic E-state index is 13.2. The first-order valence-electron chi connectivity index (χ1n) is 8.84. The highest BCUT2D eigenvalue weighted by atomic mass is 35.5. The van der Waals surface area contributed by atoms with Gasteiger partial charge in [-0.15, -0.1) is 0 Å². The van der Waals surface area contributed by atoms with Crippen LogP contribution in [0.3, 0.4) is 0 Å². The van der Waals surface area contributed by atoms with Crippen LogP contribution in [0.5, 0.6) is 0 Å². The predicted octanol–water partition coefficient (Wildman–Crippen LogP) is 3.53. The summed E-state index contributed by atoms with van der Waals surface area (Å²) in [4.78, 5) is 0. The van der Waals surface area contributed by atoms with Gasteiger partial charge in [-0.05, 0) is 17.7 Å². The summed E-state index contributed by atoms with van der Waals surface area (Å²) in [6, 6.07) is 4.53. The Morgan fingerprint density at radius 3 is 2.77 bits per heavy atom. The predicted molar refractivity (Wildman–Crippen MR) is 108 cm³/mol. The van der Waals surface area contributed by atoms with E-state index in [-0.39, 0.29) is 35.2 Å². The molecule has 2 atom stereocenters. The van der Waals surface area contributed by atoms with E-state index in [1.54, 1.807) is 18.2 Å². The highest BCUT2D eigenvalue weighted by Crippen LogP contribution is 2.37. The molecule has 2 unspecified atom stereocenters. The molecule has 0 saturated carbocycles. The fourth-order valence-corrected chi connectivity index (χ4v) is 4.69. The van der Waals surface area contributed by atoms with E-state index < -0.39 is 32.9 Å². The molecule has 0 saturated heterocycles. The Kier molecular flexibility index (Phi) is 6.19. The number of nitrogens with zero attached hydrogens (tertiary/aromatic N) is 1. The number of aromatic amines is 1. The number of nitrogen functional groups attached to an aromatic ring is 1. The zero-order valence-corrected chi connectivity index (χ0v) is 17.4. The standard InChI is InChI=1S/C18H20ClF3N4O3S/c1-29-17(19)7-5-11(6-8-17)10-24-30(27,28)14(9-18(20,21)22)16-12-3-2-4-13(23)15(12)25-26-16/h2-7,14,24H,8-10,23H2,1H3,(H,25,26). The molecule has 3 rings (SSSR count). The normalized spacial score (nSPS) is 21.0. The number of hydrogen-bond acceptors (Lipinski definition) is 5. The average Bonchev–Trinajstić information content (AvgIpc) is 3.10. The van der Waals surface area contributed by atoms with E-state index >= 15 is 0 Å². The summed E-state index contributed by atoms with van der Waals surface area (Å²) < 4.78 is 72.7. The lowest BCUT2D eigenvalue weighted by Gasteiger charge is -2.24. The number of hydrogen-bond donors (Lipinski definition) is 3. The first kappa shape index (κ1) is 22.6. The number of H-pyrrole nitrogens is 1. The van der Waals surface area contributed by atoms with Crippen LogP contribution in [0.4, 0.5) is 18.9 Å². The minimum atomic E-state index is -4.73. The average molecular weight is 465 g/mol. The number of alkyl halides is 4. The molecular formula is C18H20ClF3N4O3S. The third-order valence-electron chi connectivity index (χ3n) is 4.76. The second kappa shape index (κ2) is 8.22. The number of anilines is 1. The number of fused-ring (bicyclic) bond motifs is 1. The molecule has 1 aliphatic carbocycles. The zero-order valence-electron chi connectivity index (χ0n) is 15.8. The molecule has 0 amide bonds. The Morgan fingerprint density at radius 1 is 1.43 bits per heavy atom. The van der Waals surface area contributed by atoms with Crippen molar-refractivity contribution in [3.8, 4) is 0 Å². The smallest absolute Gasteiger partial charge is 0.390 e. The number of methoxy groups -OCH3 is 1. The Balaban J connectivity index is 1.88. The number of nitrogens with one attached hydrogen (secondary N) is 2. The summed E-state index contributed by atoms with van der Waals surface area (Å²) in [5, 5.41) is 3.63. The van der Waals surface area contributed by atoms with E-state index in [4.69, 9.17) is 22.1 Å². The van der Waals surface area contributed by atoms with Crippen molar-refractivity contribution in [2.75, 3.05) is 19.4 Å². The van der Waals surface area contributed by atoms with Gasteiger partial charge in [0.25, 0.3) is 0 Å². The summed E-state index contributed by atoms with van der Waals surface area (Å²) >= 11 is 6.13. The van der Waals surface area contributed by atoms with Crippen molar-refractivity contribution < 1.29 is 26.3 Å². The number of benzene rings is 1. The van der Waals surface area contributed by atoms with Crippen LogP contribution in [0.15, 0.2) is 42.0 Å². The number of aromatic nitrogens is 2. The van der Waals surface area contributed by atoms with Gasteiger partial charge in [0.2, 0.25) is 10.0 Å². The Morgan fingerprint density at radius 2 is 2.17 bits per heavy atom. The molecule has 0 spiro atoms. The van der Waals surface area contributed by atoms with E-state index in [0.29, 0.717) is 5.57 Å². The summed E-state index contributed by atoms with van der Waals surface area (Å²) in [6.45, 7) is -0.200. The second-order valence-corrected chi connectivity index (χ2v) is 9.45. The van der Waals surface area contributed by atoms with Crippen LogP contribution in [0, 0.1) is 0 Å². The first-order valence-corrected chi connectivity index (χ1v) is 10.8. The van der Waals surface area contributed by atoms with Gasteiger partial charge in [0.05, 0.1) is 23.3 Å². The molecule has 2 aromatic rings. The van der Waals surface area contributed by atoms with Gasteiger partial charge in [0.1, 0.15) is 5.25 Å². The quantitative estimate of drug-likeness (QED) is 0.429. The molecular weight excluding hydrogens is 445 g/mol. The van der Waals surface area contributed by atoms with Crippen molar-refractivity contribution in [2.24, 2.45) is 0 Å².